The number of rotatable bonds is 6. The SMILES string of the molecule is CCNC(=O)c1sc(NCC(C)C)c(C(=O)OC)c1N. The highest BCUT2D eigenvalue weighted by Crippen LogP contribution is 2.36. The lowest BCUT2D eigenvalue weighted by Gasteiger charge is -2.08. The molecule has 0 radical (unpaired) electrons. The number of ether oxygens (including phenoxy) is 1. The van der Waals surface area contributed by atoms with Gasteiger partial charge in [-0.2, -0.15) is 0 Å². The fraction of sp³-hybridized carbons (Fsp3) is 0.538. The van der Waals surface area contributed by atoms with Crippen LogP contribution in [0.4, 0.5) is 10.7 Å². The zero-order valence-electron chi connectivity index (χ0n) is 12.2. The number of methoxy groups -OCH3 is 1. The highest BCUT2D eigenvalue weighted by atomic mass is 32.1. The standard InChI is InChI=1S/C13H21N3O3S/c1-5-15-11(17)10-9(14)8(13(18)19-4)12(20-10)16-6-7(2)3/h7,16H,5-6,14H2,1-4H3,(H,15,17). The van der Waals surface area contributed by atoms with E-state index in [9.17, 15) is 9.59 Å². The van der Waals surface area contributed by atoms with Crippen LogP contribution < -0.4 is 16.4 Å². The number of hydrogen-bond acceptors (Lipinski definition) is 6. The number of amides is 1. The highest BCUT2D eigenvalue weighted by molar-refractivity contribution is 7.19. The van der Waals surface area contributed by atoms with Crippen molar-refractivity contribution in [1.82, 2.24) is 5.32 Å². The first-order valence-electron chi connectivity index (χ1n) is 6.44. The number of nitrogen functional groups attached to an aromatic ring is 1. The predicted molar refractivity (Wildman–Crippen MR) is 81.4 cm³/mol. The van der Waals surface area contributed by atoms with Crippen molar-refractivity contribution >= 4 is 33.9 Å². The normalized spacial score (nSPS) is 10.4. The molecule has 0 saturated carbocycles. The van der Waals surface area contributed by atoms with Crippen LogP contribution in [0.5, 0.6) is 0 Å². The molecule has 1 rings (SSSR count). The van der Waals surface area contributed by atoms with Crippen molar-refractivity contribution in [3.05, 3.63) is 10.4 Å². The molecule has 1 aromatic heterocycles. The Morgan fingerprint density at radius 2 is 2.05 bits per heavy atom. The molecule has 6 nitrogen and oxygen atoms in total. The molecule has 0 atom stereocenters. The van der Waals surface area contributed by atoms with Crippen LogP contribution in [0.2, 0.25) is 0 Å². The number of hydrogen-bond donors (Lipinski definition) is 3. The van der Waals surface area contributed by atoms with Crippen molar-refractivity contribution in [3.63, 3.8) is 0 Å². The van der Waals surface area contributed by atoms with Gasteiger partial charge in [-0.25, -0.2) is 4.79 Å². The summed E-state index contributed by atoms with van der Waals surface area (Å²) < 4.78 is 4.73. The third kappa shape index (κ3) is 3.63. The Labute approximate surface area is 122 Å². The van der Waals surface area contributed by atoms with Crippen LogP contribution >= 0.6 is 11.3 Å². The molecule has 4 N–H and O–H groups in total. The second-order valence-corrected chi connectivity index (χ2v) is 5.70. The van der Waals surface area contributed by atoms with Gasteiger partial charge in [-0.15, -0.1) is 11.3 Å². The topological polar surface area (TPSA) is 93.5 Å². The van der Waals surface area contributed by atoms with Gasteiger partial charge in [-0.1, -0.05) is 13.8 Å². The average Bonchev–Trinajstić information content (AvgIpc) is 2.73. The molecule has 0 aliphatic heterocycles. The third-order valence-corrected chi connectivity index (χ3v) is 3.71. The zero-order valence-corrected chi connectivity index (χ0v) is 13.0. The minimum Gasteiger partial charge on any atom is -0.465 e. The molecule has 7 heteroatoms. The lowest BCUT2D eigenvalue weighted by molar-refractivity contribution is 0.0603. The summed E-state index contributed by atoms with van der Waals surface area (Å²) in [6, 6.07) is 0. The maximum Gasteiger partial charge on any atom is 0.343 e. The molecule has 0 aliphatic rings. The first-order chi connectivity index (χ1) is 9.42. The van der Waals surface area contributed by atoms with E-state index in [0.29, 0.717) is 28.9 Å². The Hall–Kier alpha value is -1.76. The molecule has 112 valence electrons. The molecule has 1 amide bonds. The van der Waals surface area contributed by atoms with Gasteiger partial charge in [0.05, 0.1) is 12.8 Å². The van der Waals surface area contributed by atoms with E-state index in [1.165, 1.54) is 18.4 Å². The van der Waals surface area contributed by atoms with Crippen molar-refractivity contribution in [2.24, 2.45) is 5.92 Å². The highest BCUT2D eigenvalue weighted by Gasteiger charge is 2.25. The predicted octanol–water partition coefficient (Wildman–Crippen LogP) is 1.93. The van der Waals surface area contributed by atoms with E-state index < -0.39 is 5.97 Å². The summed E-state index contributed by atoms with van der Waals surface area (Å²) in [6.45, 7) is 7.09. The number of carbonyl (C=O) groups excluding carboxylic acids is 2. The summed E-state index contributed by atoms with van der Waals surface area (Å²) in [4.78, 5) is 24.1. The Morgan fingerprint density at radius 3 is 2.55 bits per heavy atom. The molecule has 0 aromatic carbocycles. The number of thiophene rings is 1. The summed E-state index contributed by atoms with van der Waals surface area (Å²) >= 11 is 1.17. The number of anilines is 2. The van der Waals surface area contributed by atoms with Crippen LogP contribution in [-0.4, -0.2) is 32.1 Å². The van der Waals surface area contributed by atoms with Crippen molar-refractivity contribution in [1.29, 1.82) is 0 Å². The second kappa shape index (κ2) is 7.14. The lowest BCUT2D eigenvalue weighted by Crippen LogP contribution is -2.22. The monoisotopic (exact) mass is 299 g/mol. The molecular weight excluding hydrogens is 278 g/mol. The molecule has 0 saturated heterocycles. The van der Waals surface area contributed by atoms with Gasteiger partial charge in [0.1, 0.15) is 15.4 Å². The fourth-order valence-corrected chi connectivity index (χ4v) is 2.61. The summed E-state index contributed by atoms with van der Waals surface area (Å²) in [6.07, 6.45) is 0. The van der Waals surface area contributed by atoms with Crippen LogP contribution in [0.15, 0.2) is 0 Å². The Balaban J connectivity index is 3.16. The van der Waals surface area contributed by atoms with Crippen molar-refractivity contribution in [3.8, 4) is 0 Å². The zero-order chi connectivity index (χ0) is 15.3. The van der Waals surface area contributed by atoms with Crippen LogP contribution in [0.3, 0.4) is 0 Å². The van der Waals surface area contributed by atoms with Gasteiger partial charge in [0, 0.05) is 13.1 Å². The van der Waals surface area contributed by atoms with Crippen molar-refractivity contribution in [2.45, 2.75) is 20.8 Å². The number of esters is 1. The maximum absolute atomic E-state index is 11.9. The van der Waals surface area contributed by atoms with E-state index in [2.05, 4.69) is 10.6 Å². The van der Waals surface area contributed by atoms with Crippen molar-refractivity contribution < 1.29 is 14.3 Å². The van der Waals surface area contributed by atoms with Gasteiger partial charge in [0.2, 0.25) is 0 Å². The van der Waals surface area contributed by atoms with E-state index >= 15 is 0 Å². The minimum atomic E-state index is -0.541. The van der Waals surface area contributed by atoms with Gasteiger partial charge in [-0.3, -0.25) is 4.79 Å². The Kier molecular flexibility index (Phi) is 5.82. The molecule has 0 spiro atoms. The Morgan fingerprint density at radius 1 is 1.40 bits per heavy atom. The lowest BCUT2D eigenvalue weighted by atomic mass is 10.2. The molecule has 0 fully saturated rings. The van der Waals surface area contributed by atoms with Gasteiger partial charge < -0.3 is 21.1 Å². The van der Waals surface area contributed by atoms with Gasteiger partial charge >= 0.3 is 5.97 Å². The maximum atomic E-state index is 11.9. The van der Waals surface area contributed by atoms with Crippen LogP contribution in [0, 0.1) is 5.92 Å². The Bertz CT molecular complexity index is 497. The van der Waals surface area contributed by atoms with E-state index in [4.69, 9.17) is 10.5 Å². The number of nitrogens with one attached hydrogen (secondary N) is 2. The molecule has 20 heavy (non-hydrogen) atoms. The van der Waals surface area contributed by atoms with E-state index in [1.807, 2.05) is 20.8 Å². The van der Waals surface area contributed by atoms with Gasteiger partial charge in [0.25, 0.3) is 5.91 Å². The molecular formula is C13H21N3O3S. The molecule has 1 aromatic rings. The number of carbonyl (C=O) groups is 2. The van der Waals surface area contributed by atoms with Gasteiger partial charge in [-0.05, 0) is 12.8 Å². The summed E-state index contributed by atoms with van der Waals surface area (Å²) in [5.74, 6) is -0.421. The summed E-state index contributed by atoms with van der Waals surface area (Å²) in [5.41, 5.74) is 6.33. The molecule has 0 aliphatic carbocycles. The third-order valence-electron chi connectivity index (χ3n) is 2.55. The fourth-order valence-electron chi connectivity index (χ4n) is 1.58. The van der Waals surface area contributed by atoms with E-state index in [-0.39, 0.29) is 17.2 Å². The molecule has 1 heterocycles. The first kappa shape index (κ1) is 16.3. The first-order valence-corrected chi connectivity index (χ1v) is 7.26. The van der Waals surface area contributed by atoms with Crippen LogP contribution in [0.25, 0.3) is 0 Å². The summed E-state index contributed by atoms with van der Waals surface area (Å²) in [7, 11) is 1.29. The van der Waals surface area contributed by atoms with Crippen LogP contribution in [0.1, 0.15) is 40.8 Å². The van der Waals surface area contributed by atoms with Gasteiger partial charge in [0.15, 0.2) is 0 Å². The quantitative estimate of drug-likeness (QED) is 0.698. The summed E-state index contributed by atoms with van der Waals surface area (Å²) in [5, 5.41) is 6.39. The van der Waals surface area contributed by atoms with E-state index in [1.54, 1.807) is 0 Å². The van der Waals surface area contributed by atoms with E-state index in [0.717, 1.165) is 0 Å². The minimum absolute atomic E-state index is 0.166. The second-order valence-electron chi connectivity index (χ2n) is 4.67. The number of nitrogens with two attached hydrogens (primary N) is 1. The largest absolute Gasteiger partial charge is 0.465 e. The smallest absolute Gasteiger partial charge is 0.343 e. The molecule has 0 unspecified atom stereocenters. The average molecular weight is 299 g/mol. The molecule has 0 bridgehead atoms. The van der Waals surface area contributed by atoms with Crippen molar-refractivity contribution in [2.75, 3.05) is 31.2 Å². The van der Waals surface area contributed by atoms with Crippen LogP contribution in [-0.2, 0) is 4.74 Å².